The van der Waals surface area contributed by atoms with E-state index in [9.17, 15) is 4.79 Å². The van der Waals surface area contributed by atoms with Crippen LogP contribution in [0.5, 0.6) is 0 Å². The van der Waals surface area contributed by atoms with Crippen LogP contribution in [0.4, 0.5) is 0 Å². The van der Waals surface area contributed by atoms with E-state index in [2.05, 4.69) is 0 Å². The van der Waals surface area contributed by atoms with Crippen LogP contribution in [0.2, 0.25) is 0 Å². The average molecular weight is 164 g/mol. The molecule has 12 heavy (non-hydrogen) atoms. The summed E-state index contributed by atoms with van der Waals surface area (Å²) in [4.78, 5) is 10.1. The van der Waals surface area contributed by atoms with Crippen molar-refractivity contribution in [3.05, 3.63) is 30.2 Å². The summed E-state index contributed by atoms with van der Waals surface area (Å²) in [6, 6.07) is 3.75. The highest BCUT2D eigenvalue weighted by Crippen LogP contribution is 2.19. The van der Waals surface area contributed by atoms with Gasteiger partial charge in [-0.3, -0.25) is 0 Å². The van der Waals surface area contributed by atoms with Gasteiger partial charge < -0.3 is 9.21 Å². The van der Waals surface area contributed by atoms with Crippen molar-refractivity contribution in [3.8, 4) is 0 Å². The summed E-state index contributed by atoms with van der Waals surface area (Å²) < 4.78 is 5.20. The average Bonchev–Trinajstić information content (AvgIpc) is 2.59. The molecule has 0 aliphatic carbocycles. The minimum Gasteiger partial charge on any atom is -0.465 e. The molecular weight excluding hydrogens is 152 g/mol. The van der Waals surface area contributed by atoms with Crippen LogP contribution in [-0.4, -0.2) is 6.29 Å². The number of furan rings is 1. The number of aldehydes is 1. The number of hydrogen-bond acceptors (Lipinski definition) is 2. The van der Waals surface area contributed by atoms with Crippen LogP contribution < -0.4 is 0 Å². The molecule has 1 aromatic rings. The first-order valence-electron chi connectivity index (χ1n) is 4.01. The van der Waals surface area contributed by atoms with Crippen molar-refractivity contribution in [2.75, 3.05) is 0 Å². The zero-order valence-corrected chi connectivity index (χ0v) is 7.12. The molecule has 1 rings (SSSR count). The first kappa shape index (κ1) is 8.78. The number of hydrogen-bond donors (Lipinski definition) is 0. The van der Waals surface area contributed by atoms with Crippen LogP contribution >= 0.6 is 0 Å². The lowest BCUT2D eigenvalue weighted by Gasteiger charge is -1.98. The molecule has 0 unspecified atom stereocenters. The lowest BCUT2D eigenvalue weighted by Crippen LogP contribution is -1.82. The maximum atomic E-state index is 10.1. The third-order valence-corrected chi connectivity index (χ3v) is 1.72. The Morgan fingerprint density at radius 3 is 3.00 bits per heavy atom. The topological polar surface area (TPSA) is 30.2 Å². The Hall–Kier alpha value is -1.31. The van der Waals surface area contributed by atoms with Gasteiger partial charge in [0.2, 0.25) is 0 Å². The van der Waals surface area contributed by atoms with Crippen LogP contribution in [-0.2, 0) is 4.79 Å². The number of carbonyl (C=O) groups is 1. The normalized spacial score (nSPS) is 11.6. The highest BCUT2D eigenvalue weighted by atomic mass is 16.3. The summed E-state index contributed by atoms with van der Waals surface area (Å²) in [6.45, 7) is 1.95. The van der Waals surface area contributed by atoms with E-state index in [1.165, 1.54) is 0 Å². The van der Waals surface area contributed by atoms with E-state index in [1.54, 1.807) is 6.26 Å². The molecule has 2 nitrogen and oxygen atoms in total. The fraction of sp³-hybridized carbons (Fsp3) is 0.300. The Morgan fingerprint density at radius 1 is 1.67 bits per heavy atom. The molecule has 0 radical (unpaired) electrons. The van der Waals surface area contributed by atoms with E-state index < -0.39 is 0 Å². The van der Waals surface area contributed by atoms with Crippen LogP contribution in [0.3, 0.4) is 0 Å². The Labute approximate surface area is 71.9 Å². The lowest BCUT2D eigenvalue weighted by molar-refractivity contribution is -0.107. The molecule has 0 N–H and O–H groups in total. The minimum absolute atomic E-state index is 0.556. The molecule has 0 bridgehead atoms. The molecule has 0 saturated heterocycles. The van der Waals surface area contributed by atoms with Gasteiger partial charge in [0.15, 0.2) is 0 Å². The van der Waals surface area contributed by atoms with Gasteiger partial charge in [0.1, 0.15) is 12.0 Å². The molecule has 0 saturated carbocycles. The molecule has 0 aliphatic rings. The van der Waals surface area contributed by atoms with Crippen molar-refractivity contribution in [1.82, 2.24) is 0 Å². The molecule has 1 heterocycles. The molecule has 0 aromatic carbocycles. The molecule has 0 amide bonds. The van der Waals surface area contributed by atoms with Crippen molar-refractivity contribution in [3.63, 3.8) is 0 Å². The summed E-state index contributed by atoms with van der Waals surface area (Å²) in [5, 5.41) is 0. The second-order valence-corrected chi connectivity index (χ2v) is 2.50. The van der Waals surface area contributed by atoms with Crippen LogP contribution in [0.15, 0.2) is 28.9 Å². The van der Waals surface area contributed by atoms with E-state index in [1.807, 2.05) is 25.1 Å². The van der Waals surface area contributed by atoms with Crippen molar-refractivity contribution < 1.29 is 9.21 Å². The summed E-state index contributed by atoms with van der Waals surface area (Å²) in [5.74, 6) is 0.861. The maximum absolute atomic E-state index is 10.1. The highest BCUT2D eigenvalue weighted by molar-refractivity contribution is 5.64. The summed E-state index contributed by atoms with van der Waals surface area (Å²) in [7, 11) is 0. The maximum Gasteiger partial charge on any atom is 0.129 e. The van der Waals surface area contributed by atoms with E-state index in [0.29, 0.717) is 6.42 Å². The first-order valence-corrected chi connectivity index (χ1v) is 4.01. The van der Waals surface area contributed by atoms with Gasteiger partial charge in [0, 0.05) is 6.42 Å². The molecule has 0 spiro atoms. The predicted molar refractivity (Wildman–Crippen MR) is 47.7 cm³/mol. The molecule has 2 heteroatoms. The van der Waals surface area contributed by atoms with Gasteiger partial charge in [-0.1, -0.05) is 6.08 Å². The van der Waals surface area contributed by atoms with Gasteiger partial charge in [-0.15, -0.1) is 0 Å². The Balaban J connectivity index is 2.64. The third kappa shape index (κ3) is 2.09. The molecule has 0 aliphatic heterocycles. The first-order chi connectivity index (χ1) is 5.88. The molecule has 0 fully saturated rings. The van der Waals surface area contributed by atoms with Crippen LogP contribution in [0.1, 0.15) is 25.5 Å². The molecule has 64 valence electrons. The standard InChI is InChI=1S/C10H12O2/c1-2-9(5-3-7-11)10-6-4-8-12-10/h2,4,6-8H,3,5H2,1H3/b9-2-. The second-order valence-electron chi connectivity index (χ2n) is 2.50. The Morgan fingerprint density at radius 2 is 2.50 bits per heavy atom. The van der Waals surface area contributed by atoms with E-state index >= 15 is 0 Å². The Kier molecular flexibility index (Phi) is 3.33. The molecular formula is C10H12O2. The van der Waals surface area contributed by atoms with E-state index in [4.69, 9.17) is 4.42 Å². The monoisotopic (exact) mass is 164 g/mol. The zero-order valence-electron chi connectivity index (χ0n) is 7.12. The fourth-order valence-electron chi connectivity index (χ4n) is 1.09. The highest BCUT2D eigenvalue weighted by Gasteiger charge is 2.01. The van der Waals surface area contributed by atoms with Crippen LogP contribution in [0, 0.1) is 0 Å². The van der Waals surface area contributed by atoms with Gasteiger partial charge >= 0.3 is 0 Å². The van der Waals surface area contributed by atoms with Gasteiger partial charge in [0.25, 0.3) is 0 Å². The fourth-order valence-corrected chi connectivity index (χ4v) is 1.09. The van der Waals surface area contributed by atoms with Gasteiger partial charge in [0.05, 0.1) is 6.26 Å². The quantitative estimate of drug-likeness (QED) is 0.640. The largest absolute Gasteiger partial charge is 0.465 e. The van der Waals surface area contributed by atoms with Gasteiger partial charge in [-0.2, -0.15) is 0 Å². The van der Waals surface area contributed by atoms with Crippen molar-refractivity contribution in [2.24, 2.45) is 0 Å². The van der Waals surface area contributed by atoms with Gasteiger partial charge in [-0.05, 0) is 31.1 Å². The SMILES string of the molecule is C/C=C(/CCC=O)c1ccco1. The Bertz CT molecular complexity index is 257. The third-order valence-electron chi connectivity index (χ3n) is 1.72. The summed E-state index contributed by atoms with van der Waals surface area (Å²) in [6.07, 6.45) is 5.85. The molecule has 0 atom stereocenters. The van der Waals surface area contributed by atoms with Gasteiger partial charge in [-0.25, -0.2) is 0 Å². The lowest BCUT2D eigenvalue weighted by atomic mass is 10.1. The smallest absolute Gasteiger partial charge is 0.129 e. The number of rotatable bonds is 4. The van der Waals surface area contributed by atoms with Crippen LogP contribution in [0.25, 0.3) is 5.57 Å². The predicted octanol–water partition coefficient (Wildman–Crippen LogP) is 2.66. The van der Waals surface area contributed by atoms with E-state index in [-0.39, 0.29) is 0 Å². The van der Waals surface area contributed by atoms with Crippen molar-refractivity contribution >= 4 is 11.9 Å². The number of allylic oxidation sites excluding steroid dienone is 2. The van der Waals surface area contributed by atoms with Crippen molar-refractivity contribution in [2.45, 2.75) is 19.8 Å². The minimum atomic E-state index is 0.556. The van der Waals surface area contributed by atoms with E-state index in [0.717, 1.165) is 24.0 Å². The second kappa shape index (κ2) is 4.54. The zero-order chi connectivity index (χ0) is 8.81. The summed E-state index contributed by atoms with van der Waals surface area (Å²) in [5.41, 5.74) is 1.09. The van der Waals surface area contributed by atoms with Crippen molar-refractivity contribution in [1.29, 1.82) is 0 Å². The molecule has 1 aromatic heterocycles. The summed E-state index contributed by atoms with van der Waals surface area (Å²) >= 11 is 0. The number of carbonyl (C=O) groups excluding carboxylic acids is 1.